The molecule has 1 saturated heterocycles. The Balaban J connectivity index is 1.17. The highest BCUT2D eigenvalue weighted by molar-refractivity contribution is 5.77. The second-order valence-electron chi connectivity index (χ2n) is 15.1. The van der Waals surface area contributed by atoms with Crippen LogP contribution in [0.1, 0.15) is 115 Å². The number of hydrogen-bond donors (Lipinski definition) is 1. The molecule has 3 fully saturated rings. The van der Waals surface area contributed by atoms with Crippen LogP contribution >= 0.6 is 0 Å². The predicted molar refractivity (Wildman–Crippen MR) is 157 cm³/mol. The minimum absolute atomic E-state index is 0.00725. The molecule has 7 atom stereocenters. The number of rotatable bonds is 5. The smallest absolute Gasteiger partial charge is 0.244 e. The first-order chi connectivity index (χ1) is 19.0. The number of aromatic nitrogens is 2. The molecule has 40 heavy (non-hydrogen) atoms. The van der Waals surface area contributed by atoms with Gasteiger partial charge in [-0.2, -0.15) is 5.10 Å². The van der Waals surface area contributed by atoms with Crippen LogP contribution in [0, 0.1) is 40.4 Å². The lowest BCUT2D eigenvalue weighted by molar-refractivity contribution is -0.123. The Bertz CT molecular complexity index is 1190. The number of nitrogens with zero attached hydrogens (tertiary/aromatic N) is 2. The van der Waals surface area contributed by atoms with E-state index < -0.39 is 0 Å². The first-order valence-electron chi connectivity index (χ1n) is 16.1. The fourth-order valence-corrected chi connectivity index (χ4v) is 10.9. The van der Waals surface area contributed by atoms with Crippen molar-refractivity contribution < 1.29 is 14.3 Å². The number of allylic oxidation sites excluding steroid dienone is 2. The van der Waals surface area contributed by atoms with E-state index in [4.69, 9.17) is 4.74 Å². The van der Waals surface area contributed by atoms with E-state index in [0.29, 0.717) is 35.6 Å². The van der Waals surface area contributed by atoms with Crippen LogP contribution in [0.15, 0.2) is 17.8 Å². The SMILES string of the molecule is CC(=O)n1ncc2c1C(C)(C)C1=CC[C@H]3[C@@H]4CC[C@H]([C@H](C)CCC(=O)NC5CCOCC5)[C@@]4(C)CC[C@@H]3[C@@]1(C)C2. The third-order valence-electron chi connectivity index (χ3n) is 12.6. The van der Waals surface area contributed by atoms with Crippen LogP contribution in [0.5, 0.6) is 0 Å². The monoisotopic (exact) mass is 549 g/mol. The summed E-state index contributed by atoms with van der Waals surface area (Å²) in [7, 11) is 0. The van der Waals surface area contributed by atoms with E-state index in [0.717, 1.165) is 62.8 Å². The van der Waals surface area contributed by atoms with Crippen molar-refractivity contribution in [1.82, 2.24) is 15.1 Å². The molecule has 6 heteroatoms. The summed E-state index contributed by atoms with van der Waals surface area (Å²) in [6.07, 6.45) is 15.5. The van der Waals surface area contributed by atoms with Crippen LogP contribution in [0.4, 0.5) is 0 Å². The molecule has 0 aromatic carbocycles. The zero-order chi connectivity index (χ0) is 28.4. The van der Waals surface area contributed by atoms with Gasteiger partial charge in [-0.1, -0.05) is 46.3 Å². The van der Waals surface area contributed by atoms with Gasteiger partial charge >= 0.3 is 0 Å². The molecule has 0 bridgehead atoms. The zero-order valence-electron chi connectivity index (χ0n) is 25.7. The first-order valence-corrected chi connectivity index (χ1v) is 16.1. The summed E-state index contributed by atoms with van der Waals surface area (Å²) in [4.78, 5) is 25.2. The van der Waals surface area contributed by atoms with Gasteiger partial charge in [0.25, 0.3) is 0 Å². The molecule has 220 valence electrons. The van der Waals surface area contributed by atoms with Gasteiger partial charge in [0.1, 0.15) is 0 Å². The van der Waals surface area contributed by atoms with Crippen LogP contribution < -0.4 is 5.32 Å². The Kier molecular flexibility index (Phi) is 7.12. The van der Waals surface area contributed by atoms with Crippen molar-refractivity contribution in [2.24, 2.45) is 40.4 Å². The average Bonchev–Trinajstić information content (AvgIpc) is 3.49. The van der Waals surface area contributed by atoms with Crippen molar-refractivity contribution >= 4 is 11.8 Å². The Morgan fingerprint density at radius 3 is 2.58 bits per heavy atom. The van der Waals surface area contributed by atoms with Gasteiger partial charge in [0.15, 0.2) is 0 Å². The Labute approximate surface area is 241 Å². The molecule has 1 aromatic heterocycles. The number of carbonyl (C=O) groups is 2. The highest BCUT2D eigenvalue weighted by atomic mass is 16.5. The summed E-state index contributed by atoms with van der Waals surface area (Å²) >= 11 is 0. The average molecular weight is 550 g/mol. The van der Waals surface area contributed by atoms with E-state index >= 15 is 0 Å². The van der Waals surface area contributed by atoms with Gasteiger partial charge in [-0.15, -0.1) is 0 Å². The zero-order valence-corrected chi connectivity index (χ0v) is 25.7. The summed E-state index contributed by atoms with van der Waals surface area (Å²) in [6.45, 7) is 15.3. The van der Waals surface area contributed by atoms with Crippen molar-refractivity contribution in [2.45, 2.75) is 117 Å². The first kappa shape index (κ1) is 28.2. The lowest BCUT2D eigenvalue weighted by Gasteiger charge is -2.60. The van der Waals surface area contributed by atoms with Crippen LogP contribution in [0.3, 0.4) is 0 Å². The number of amides is 1. The van der Waals surface area contributed by atoms with Gasteiger partial charge in [0.05, 0.1) is 11.9 Å². The molecule has 1 amide bonds. The minimum Gasteiger partial charge on any atom is -0.381 e. The molecule has 6 rings (SSSR count). The number of nitrogens with one attached hydrogen (secondary N) is 1. The Hall–Kier alpha value is -1.95. The van der Waals surface area contributed by atoms with Gasteiger partial charge < -0.3 is 10.1 Å². The summed E-state index contributed by atoms with van der Waals surface area (Å²) in [5, 5.41) is 7.82. The molecule has 0 unspecified atom stereocenters. The standard InChI is InChI=1S/C34H51N3O3/c1-21(7-12-30(39)36-24-14-17-40-18-15-24)26-9-10-27-25-8-11-29-32(3,4)31-23(20-35-37(31)22(2)38)19-34(29,6)28(25)13-16-33(26,27)5/h11,20-21,24-28H,7-10,12-19H2,1-6H3,(H,36,39)/t21-,25+,26-,27+,28+,33-,34-/m1/s1. The molecular formula is C34H51N3O3. The second-order valence-corrected chi connectivity index (χ2v) is 15.1. The van der Waals surface area contributed by atoms with Gasteiger partial charge in [0.2, 0.25) is 11.8 Å². The maximum Gasteiger partial charge on any atom is 0.244 e. The summed E-state index contributed by atoms with van der Waals surface area (Å²) < 4.78 is 7.11. The van der Waals surface area contributed by atoms with Gasteiger partial charge in [0, 0.05) is 38.0 Å². The van der Waals surface area contributed by atoms with Gasteiger partial charge in [-0.05, 0) is 104 Å². The molecular weight excluding hydrogens is 498 g/mol. The highest BCUT2D eigenvalue weighted by Gasteiger charge is 2.61. The predicted octanol–water partition coefficient (Wildman–Crippen LogP) is 6.48. The lowest BCUT2D eigenvalue weighted by Crippen LogP contribution is -2.54. The lowest BCUT2D eigenvalue weighted by atomic mass is 9.44. The van der Waals surface area contributed by atoms with Crippen molar-refractivity contribution in [3.8, 4) is 0 Å². The topological polar surface area (TPSA) is 73.2 Å². The van der Waals surface area contributed by atoms with E-state index in [-0.39, 0.29) is 22.6 Å². The van der Waals surface area contributed by atoms with Crippen LogP contribution in [0.25, 0.3) is 0 Å². The normalized spacial score (nSPS) is 37.4. The number of carbonyl (C=O) groups excluding carboxylic acids is 2. The molecule has 6 nitrogen and oxygen atoms in total. The highest BCUT2D eigenvalue weighted by Crippen LogP contribution is 2.68. The van der Waals surface area contributed by atoms with Crippen LogP contribution in [-0.4, -0.2) is 40.9 Å². The molecule has 2 heterocycles. The quantitative estimate of drug-likeness (QED) is 0.427. The maximum atomic E-state index is 12.7. The van der Waals surface area contributed by atoms with E-state index in [1.54, 1.807) is 17.2 Å². The molecule has 0 radical (unpaired) electrons. The molecule has 1 aromatic rings. The largest absolute Gasteiger partial charge is 0.381 e. The number of hydrogen-bond acceptors (Lipinski definition) is 4. The summed E-state index contributed by atoms with van der Waals surface area (Å²) in [5.74, 6) is 3.68. The fourth-order valence-electron chi connectivity index (χ4n) is 10.9. The molecule has 5 aliphatic rings. The van der Waals surface area contributed by atoms with E-state index in [1.807, 2.05) is 6.20 Å². The van der Waals surface area contributed by atoms with Crippen molar-refractivity contribution in [2.75, 3.05) is 13.2 Å². The van der Waals surface area contributed by atoms with Crippen molar-refractivity contribution in [3.05, 3.63) is 29.1 Å². The van der Waals surface area contributed by atoms with Crippen LogP contribution in [-0.2, 0) is 21.4 Å². The Morgan fingerprint density at radius 2 is 1.85 bits per heavy atom. The summed E-state index contributed by atoms with van der Waals surface area (Å²) in [5.41, 5.74) is 4.22. The number of ether oxygens (including phenoxy) is 1. The second kappa shape index (κ2) is 10.1. The van der Waals surface area contributed by atoms with E-state index in [9.17, 15) is 9.59 Å². The van der Waals surface area contributed by atoms with E-state index in [1.165, 1.54) is 31.2 Å². The molecule has 1 N–H and O–H groups in total. The van der Waals surface area contributed by atoms with E-state index in [2.05, 4.69) is 51.1 Å². The van der Waals surface area contributed by atoms with Gasteiger partial charge in [-0.25, -0.2) is 4.68 Å². The third kappa shape index (κ3) is 4.34. The van der Waals surface area contributed by atoms with Crippen molar-refractivity contribution in [3.63, 3.8) is 0 Å². The number of fused-ring (bicyclic) bond motifs is 6. The molecule has 2 saturated carbocycles. The Morgan fingerprint density at radius 1 is 1.10 bits per heavy atom. The van der Waals surface area contributed by atoms with Crippen molar-refractivity contribution in [1.29, 1.82) is 0 Å². The van der Waals surface area contributed by atoms with Gasteiger partial charge in [-0.3, -0.25) is 9.59 Å². The summed E-state index contributed by atoms with van der Waals surface area (Å²) in [6, 6.07) is 0.295. The maximum absolute atomic E-state index is 12.7. The molecule has 4 aliphatic carbocycles. The fraction of sp³-hybridized carbons (Fsp3) is 0.794. The van der Waals surface area contributed by atoms with Crippen LogP contribution in [0.2, 0.25) is 0 Å². The molecule has 0 spiro atoms. The molecule has 1 aliphatic heterocycles. The minimum atomic E-state index is -0.186. The third-order valence-corrected chi connectivity index (χ3v) is 12.6.